The second-order valence-corrected chi connectivity index (χ2v) is 5.05. The number of carbonyl (C=O) groups is 1. The van der Waals surface area contributed by atoms with Gasteiger partial charge in [0.15, 0.2) is 0 Å². The molecule has 2 atom stereocenters. The van der Waals surface area contributed by atoms with Gasteiger partial charge in [0.1, 0.15) is 17.3 Å². The van der Waals surface area contributed by atoms with E-state index in [4.69, 9.17) is 13.9 Å². The third-order valence-corrected chi connectivity index (χ3v) is 3.63. The molecular formula is C16H14O6. The minimum atomic E-state index is -0.964. The summed E-state index contributed by atoms with van der Waals surface area (Å²) in [6.07, 6.45) is -0.964. The SMILES string of the molecule is COC(=O)C1Oc2cc(C)oc(=O)c2C1c1ccc(O)cc1. The van der Waals surface area contributed by atoms with Crippen molar-refractivity contribution in [2.24, 2.45) is 0 Å². The summed E-state index contributed by atoms with van der Waals surface area (Å²) in [6.45, 7) is 1.63. The second-order valence-electron chi connectivity index (χ2n) is 5.05. The number of aromatic hydroxyl groups is 1. The van der Waals surface area contributed by atoms with E-state index < -0.39 is 23.6 Å². The molecule has 1 N–H and O–H groups in total. The molecule has 0 radical (unpaired) electrons. The lowest BCUT2D eigenvalue weighted by Crippen LogP contribution is -2.31. The smallest absolute Gasteiger partial charge is 0.348 e. The van der Waals surface area contributed by atoms with Crippen LogP contribution in [0.25, 0.3) is 0 Å². The average molecular weight is 302 g/mol. The minimum absolute atomic E-state index is 0.0912. The van der Waals surface area contributed by atoms with Crippen LogP contribution in [0.1, 0.15) is 22.8 Å². The van der Waals surface area contributed by atoms with Gasteiger partial charge in [0, 0.05) is 6.07 Å². The first-order valence-corrected chi connectivity index (χ1v) is 6.69. The Morgan fingerprint density at radius 3 is 2.59 bits per heavy atom. The highest BCUT2D eigenvalue weighted by Crippen LogP contribution is 2.41. The maximum absolute atomic E-state index is 12.2. The van der Waals surface area contributed by atoms with Crippen LogP contribution in [0.5, 0.6) is 11.5 Å². The van der Waals surface area contributed by atoms with Crippen LogP contribution in [0.3, 0.4) is 0 Å². The van der Waals surface area contributed by atoms with E-state index in [1.165, 1.54) is 19.2 Å². The van der Waals surface area contributed by atoms with Crippen LogP contribution in [-0.4, -0.2) is 24.3 Å². The molecule has 114 valence electrons. The van der Waals surface area contributed by atoms with Crippen LogP contribution in [0.15, 0.2) is 39.5 Å². The van der Waals surface area contributed by atoms with Crippen molar-refractivity contribution in [1.29, 1.82) is 0 Å². The van der Waals surface area contributed by atoms with E-state index in [0.717, 1.165) is 0 Å². The third kappa shape index (κ3) is 2.22. The molecule has 0 spiro atoms. The number of aryl methyl sites for hydroxylation is 1. The molecule has 1 aromatic heterocycles. The van der Waals surface area contributed by atoms with Crippen LogP contribution < -0.4 is 10.4 Å². The first-order valence-electron chi connectivity index (χ1n) is 6.69. The molecule has 0 fully saturated rings. The number of carbonyl (C=O) groups excluding carboxylic acids is 1. The van der Waals surface area contributed by atoms with E-state index in [9.17, 15) is 14.7 Å². The number of ether oxygens (including phenoxy) is 2. The van der Waals surface area contributed by atoms with E-state index in [-0.39, 0.29) is 11.3 Å². The predicted molar refractivity (Wildman–Crippen MR) is 76.1 cm³/mol. The Balaban J connectivity index is 2.17. The average Bonchev–Trinajstić information content (AvgIpc) is 2.86. The number of rotatable bonds is 2. The van der Waals surface area contributed by atoms with E-state index in [2.05, 4.69) is 0 Å². The van der Waals surface area contributed by atoms with Gasteiger partial charge in [0.05, 0.1) is 18.6 Å². The zero-order chi connectivity index (χ0) is 15.9. The van der Waals surface area contributed by atoms with Crippen molar-refractivity contribution < 1.29 is 23.8 Å². The van der Waals surface area contributed by atoms with Gasteiger partial charge in [0.2, 0.25) is 6.10 Å². The molecule has 2 heterocycles. The van der Waals surface area contributed by atoms with E-state index >= 15 is 0 Å². The number of esters is 1. The van der Waals surface area contributed by atoms with Crippen molar-refractivity contribution in [2.75, 3.05) is 7.11 Å². The standard InChI is InChI=1S/C16H14O6/c1-8-7-11-13(15(18)21-8)12(14(22-11)16(19)20-2)9-3-5-10(17)6-4-9/h3-7,12,14,17H,1-2H3. The first-order chi connectivity index (χ1) is 10.5. The van der Waals surface area contributed by atoms with Gasteiger partial charge in [-0.2, -0.15) is 0 Å². The van der Waals surface area contributed by atoms with Crippen LogP contribution in [0.2, 0.25) is 0 Å². The van der Waals surface area contributed by atoms with Crippen molar-refractivity contribution in [2.45, 2.75) is 18.9 Å². The molecule has 0 saturated heterocycles. The summed E-state index contributed by atoms with van der Waals surface area (Å²) >= 11 is 0. The van der Waals surface area contributed by atoms with Crippen molar-refractivity contribution >= 4 is 5.97 Å². The fourth-order valence-electron chi connectivity index (χ4n) is 2.65. The molecule has 2 unspecified atom stereocenters. The van der Waals surface area contributed by atoms with Crippen molar-refractivity contribution in [1.82, 2.24) is 0 Å². The van der Waals surface area contributed by atoms with Crippen molar-refractivity contribution in [3.05, 3.63) is 57.6 Å². The molecule has 2 aromatic rings. The number of benzene rings is 1. The summed E-state index contributed by atoms with van der Waals surface area (Å²) in [5.74, 6) is -0.402. The summed E-state index contributed by atoms with van der Waals surface area (Å²) < 4.78 is 15.5. The molecule has 6 nitrogen and oxygen atoms in total. The lowest BCUT2D eigenvalue weighted by molar-refractivity contribution is -0.148. The molecule has 1 aliphatic heterocycles. The molecule has 3 rings (SSSR count). The van der Waals surface area contributed by atoms with Crippen LogP contribution in [-0.2, 0) is 9.53 Å². The molecule has 1 aliphatic rings. The number of methoxy groups -OCH3 is 1. The number of phenolic OH excluding ortho intramolecular Hbond substituents is 1. The first kappa shape index (κ1) is 14.2. The summed E-state index contributed by atoms with van der Waals surface area (Å²) in [4.78, 5) is 24.2. The molecule has 0 saturated carbocycles. The van der Waals surface area contributed by atoms with E-state index in [0.29, 0.717) is 17.1 Å². The summed E-state index contributed by atoms with van der Waals surface area (Å²) in [7, 11) is 1.26. The monoisotopic (exact) mass is 302 g/mol. The highest BCUT2D eigenvalue weighted by atomic mass is 16.6. The fourth-order valence-corrected chi connectivity index (χ4v) is 2.65. The quantitative estimate of drug-likeness (QED) is 0.850. The van der Waals surface area contributed by atoms with Gasteiger partial charge < -0.3 is 19.0 Å². The van der Waals surface area contributed by atoms with E-state index in [1.54, 1.807) is 25.1 Å². The van der Waals surface area contributed by atoms with Gasteiger partial charge >= 0.3 is 11.6 Å². The lowest BCUT2D eigenvalue weighted by atomic mass is 9.89. The Bertz CT molecular complexity index is 774. The second kappa shape index (κ2) is 5.22. The fraction of sp³-hybridized carbons (Fsp3) is 0.250. The molecular weight excluding hydrogens is 288 g/mol. The van der Waals surface area contributed by atoms with Crippen LogP contribution in [0.4, 0.5) is 0 Å². The number of fused-ring (bicyclic) bond motifs is 1. The molecule has 22 heavy (non-hydrogen) atoms. The Morgan fingerprint density at radius 1 is 1.27 bits per heavy atom. The van der Waals surface area contributed by atoms with Gasteiger partial charge in [0.25, 0.3) is 0 Å². The van der Waals surface area contributed by atoms with Gasteiger partial charge in [-0.05, 0) is 24.6 Å². The molecule has 1 aromatic carbocycles. The lowest BCUT2D eigenvalue weighted by Gasteiger charge is -2.16. The Labute approximate surface area is 125 Å². The minimum Gasteiger partial charge on any atom is -0.508 e. The zero-order valence-corrected chi connectivity index (χ0v) is 12.0. The summed E-state index contributed by atoms with van der Waals surface area (Å²) in [5, 5.41) is 9.40. The van der Waals surface area contributed by atoms with Crippen molar-refractivity contribution in [3.8, 4) is 11.5 Å². The van der Waals surface area contributed by atoms with Gasteiger partial charge in [-0.3, -0.25) is 0 Å². The van der Waals surface area contributed by atoms with Crippen LogP contribution in [0, 0.1) is 6.92 Å². The summed E-state index contributed by atoms with van der Waals surface area (Å²) in [5.41, 5.74) is 0.397. The maximum Gasteiger partial charge on any atom is 0.348 e. The number of hydrogen-bond acceptors (Lipinski definition) is 6. The predicted octanol–water partition coefficient (Wildman–Crippen LogP) is 1.72. The van der Waals surface area contributed by atoms with Gasteiger partial charge in [-0.25, -0.2) is 9.59 Å². The van der Waals surface area contributed by atoms with Crippen molar-refractivity contribution in [3.63, 3.8) is 0 Å². The summed E-state index contributed by atoms with van der Waals surface area (Å²) in [6, 6.07) is 7.81. The molecule has 0 bridgehead atoms. The Kier molecular flexibility index (Phi) is 3.36. The zero-order valence-electron chi connectivity index (χ0n) is 12.0. The molecule has 6 heteroatoms. The maximum atomic E-state index is 12.2. The highest BCUT2D eigenvalue weighted by molar-refractivity contribution is 5.79. The van der Waals surface area contributed by atoms with Gasteiger partial charge in [-0.15, -0.1) is 0 Å². The van der Waals surface area contributed by atoms with Gasteiger partial charge in [-0.1, -0.05) is 12.1 Å². The highest BCUT2D eigenvalue weighted by Gasteiger charge is 2.43. The largest absolute Gasteiger partial charge is 0.508 e. The number of hydrogen-bond donors (Lipinski definition) is 1. The molecule has 0 amide bonds. The number of phenols is 1. The Morgan fingerprint density at radius 2 is 1.95 bits per heavy atom. The Hall–Kier alpha value is -2.76. The third-order valence-electron chi connectivity index (χ3n) is 3.63. The normalized spacial score (nSPS) is 19.4. The topological polar surface area (TPSA) is 86.0 Å². The van der Waals surface area contributed by atoms with E-state index in [1.807, 2.05) is 0 Å². The van der Waals surface area contributed by atoms with Crippen LogP contribution >= 0.6 is 0 Å². The molecule has 0 aliphatic carbocycles.